The average Bonchev–Trinajstić information content (AvgIpc) is 2.29. The Labute approximate surface area is 547 Å². The van der Waals surface area contributed by atoms with Gasteiger partial charge in [-0.1, -0.05) is 260 Å². The Bertz CT molecular complexity index is 5220. The highest BCUT2D eigenvalue weighted by atomic mass is 35.5. The van der Waals surface area contributed by atoms with Crippen LogP contribution in [0.3, 0.4) is 0 Å². The zero-order valence-electron chi connectivity index (χ0n) is 50.9. The molecule has 0 aliphatic rings. The molecule has 0 aliphatic heterocycles. The van der Waals surface area contributed by atoms with E-state index in [1.54, 1.807) is 21.3 Å². The summed E-state index contributed by atoms with van der Waals surface area (Å²) in [5, 5.41) is 21.4. The van der Waals surface area contributed by atoms with E-state index in [1.165, 1.54) is 62.1 Å². The number of aromatic nitrogens is 6. The van der Waals surface area contributed by atoms with Gasteiger partial charge in [0.1, 0.15) is 0 Å². The number of fused-ring (bicyclic) bond motifs is 10. The van der Waals surface area contributed by atoms with Crippen molar-refractivity contribution in [1.29, 1.82) is 0 Å². The summed E-state index contributed by atoms with van der Waals surface area (Å²) >= 11 is 9.97. The fourth-order valence-corrected chi connectivity index (χ4v) is 13.7. The molecule has 8 nitrogen and oxygen atoms in total. The summed E-state index contributed by atoms with van der Waals surface area (Å²) in [5.41, 5.74) is 7.03. The van der Waals surface area contributed by atoms with Gasteiger partial charge in [0, 0.05) is 84.1 Å². The number of aliphatic hydroxyl groups is 1. The topological polar surface area (TPSA) is 107 Å². The van der Waals surface area contributed by atoms with Gasteiger partial charge in [-0.2, -0.15) is 0 Å². The number of thiophene rings is 2. The van der Waals surface area contributed by atoms with E-state index in [2.05, 4.69) is 121 Å². The number of hydrogen-bond donors (Lipinski definition) is 1. The molecular weight excluding hydrogens is 1190 g/mol. The number of benzene rings is 12. The third-order valence-electron chi connectivity index (χ3n) is 16.7. The highest BCUT2D eigenvalue weighted by molar-refractivity contribution is 7.26. The second-order valence-electron chi connectivity index (χ2n) is 23.4. The molecule has 12 aromatic carbocycles. The molecule has 12 heteroatoms. The Hall–Kier alpha value is -10.1. The Morgan fingerprint density at radius 2 is 0.685 bits per heavy atom. The molecule has 92 heavy (non-hydrogen) atoms. The molecule has 0 amide bonds. The lowest BCUT2D eigenvalue weighted by atomic mass is 9.82. The van der Waals surface area contributed by atoms with Gasteiger partial charge in [0.15, 0.2) is 34.9 Å². The molecule has 0 saturated carbocycles. The van der Waals surface area contributed by atoms with Crippen molar-refractivity contribution in [1.82, 2.24) is 29.9 Å². The summed E-state index contributed by atoms with van der Waals surface area (Å²) < 4.78 is 11.2. The van der Waals surface area contributed by atoms with Crippen LogP contribution >= 0.6 is 34.3 Å². The molecule has 1 radical (unpaired) electrons. The van der Waals surface area contributed by atoms with Crippen LogP contribution in [0.25, 0.3) is 141 Å². The lowest BCUT2D eigenvalue weighted by Crippen LogP contribution is -2.49. The van der Waals surface area contributed by atoms with Crippen LogP contribution in [0.4, 0.5) is 0 Å². The third kappa shape index (κ3) is 12.3. The van der Waals surface area contributed by atoms with E-state index in [0.29, 0.717) is 34.9 Å². The van der Waals surface area contributed by atoms with E-state index in [0.717, 1.165) is 54.8 Å². The summed E-state index contributed by atoms with van der Waals surface area (Å²) in [4.78, 5) is 29.0. The largest absolute Gasteiger partial charge is 0.427 e. The first kappa shape index (κ1) is 59.5. The summed E-state index contributed by atoms with van der Waals surface area (Å²) in [6, 6.07) is 95.2. The molecule has 0 spiro atoms. The molecule has 0 saturated heterocycles. The van der Waals surface area contributed by atoms with E-state index < -0.39 is 11.2 Å². The SMILES string of the molecule is CC(C)(O)C(C)(C)O[B]c1cccc(-c2nc(-c3ccccc3)nc(-c3ccccc3)n2)c1.Clc1cccc2c1ccc1sc3ccccc3c12.c1ccc(-c2nc(-c3ccccc3)nc(-c3cccc(-c4cccc5c4ccc4sc6ccccc6c45)c3)n2)cc1. The van der Waals surface area contributed by atoms with E-state index in [9.17, 15) is 5.11 Å². The number of halogens is 1. The van der Waals surface area contributed by atoms with Crippen LogP contribution in [0.2, 0.25) is 5.02 Å². The van der Waals surface area contributed by atoms with Crippen molar-refractivity contribution in [2.45, 2.75) is 38.9 Å². The minimum atomic E-state index is -0.996. The molecule has 16 aromatic rings. The number of nitrogens with zero attached hydrogens (tertiary/aromatic N) is 6. The van der Waals surface area contributed by atoms with Gasteiger partial charge in [0.05, 0.1) is 11.2 Å². The van der Waals surface area contributed by atoms with Gasteiger partial charge >= 0.3 is 7.48 Å². The van der Waals surface area contributed by atoms with E-state index in [4.69, 9.17) is 46.2 Å². The van der Waals surface area contributed by atoms with Gasteiger partial charge < -0.3 is 9.76 Å². The number of rotatable bonds is 11. The molecule has 4 aromatic heterocycles. The lowest BCUT2D eigenvalue weighted by molar-refractivity contribution is -0.0893. The summed E-state index contributed by atoms with van der Waals surface area (Å²) in [5.74, 6) is 3.81. The smallest absolute Gasteiger partial charge is 0.330 e. The fourth-order valence-electron chi connectivity index (χ4n) is 11.2. The summed E-state index contributed by atoms with van der Waals surface area (Å²) in [6.45, 7) is 7.19. The molecule has 0 atom stereocenters. The van der Waals surface area contributed by atoms with Crippen LogP contribution in [-0.4, -0.2) is 53.7 Å². The lowest BCUT2D eigenvalue weighted by Gasteiger charge is -2.37. The van der Waals surface area contributed by atoms with Crippen LogP contribution in [0, 0.1) is 0 Å². The maximum Gasteiger partial charge on any atom is 0.330 e. The van der Waals surface area contributed by atoms with Crippen LogP contribution in [-0.2, 0) is 4.65 Å². The minimum Gasteiger partial charge on any atom is -0.427 e. The molecule has 4 heterocycles. The fraction of sp³-hybridized carbons (Fsp3) is 0.0750. The van der Waals surface area contributed by atoms with Crippen LogP contribution in [0.1, 0.15) is 27.7 Å². The normalized spacial score (nSPS) is 11.6. The van der Waals surface area contributed by atoms with Crippen LogP contribution in [0.15, 0.2) is 279 Å². The van der Waals surface area contributed by atoms with Gasteiger partial charge in [-0.3, -0.25) is 0 Å². The zero-order valence-corrected chi connectivity index (χ0v) is 53.3. The molecule has 0 aliphatic carbocycles. The first-order valence-corrected chi connectivity index (χ1v) is 32.4. The maximum absolute atomic E-state index is 10.4. The number of hydrogen-bond acceptors (Lipinski definition) is 10. The van der Waals surface area contributed by atoms with Crippen molar-refractivity contribution in [2.75, 3.05) is 0 Å². The van der Waals surface area contributed by atoms with E-state index >= 15 is 0 Å². The molecule has 0 unspecified atom stereocenters. The van der Waals surface area contributed by atoms with Crippen LogP contribution in [0.5, 0.6) is 0 Å². The summed E-state index contributed by atoms with van der Waals surface area (Å²) in [6.07, 6.45) is 0. The predicted octanol–water partition coefficient (Wildman–Crippen LogP) is 20.6. The van der Waals surface area contributed by atoms with Crippen molar-refractivity contribution in [2.24, 2.45) is 0 Å². The third-order valence-corrected chi connectivity index (χ3v) is 19.3. The molecular formula is C80H59BClN6O2S2. The van der Waals surface area contributed by atoms with Gasteiger partial charge in [-0.05, 0) is 91.4 Å². The Balaban J connectivity index is 0.000000128. The Morgan fingerprint density at radius 1 is 0.326 bits per heavy atom. The second kappa shape index (κ2) is 25.6. The van der Waals surface area contributed by atoms with Gasteiger partial charge in [0.25, 0.3) is 0 Å². The Morgan fingerprint density at radius 3 is 1.16 bits per heavy atom. The summed E-state index contributed by atoms with van der Waals surface area (Å²) in [7, 11) is 1.67. The Kier molecular flexibility index (Phi) is 16.6. The second-order valence-corrected chi connectivity index (χ2v) is 26.0. The highest BCUT2D eigenvalue weighted by Gasteiger charge is 2.36. The van der Waals surface area contributed by atoms with E-state index in [-0.39, 0.29) is 0 Å². The first-order chi connectivity index (χ1) is 44.9. The van der Waals surface area contributed by atoms with E-state index in [1.807, 2.05) is 194 Å². The molecule has 16 rings (SSSR count). The quantitative estimate of drug-likeness (QED) is 0.128. The van der Waals surface area contributed by atoms with Gasteiger partial charge in [0.2, 0.25) is 0 Å². The van der Waals surface area contributed by atoms with Crippen molar-refractivity contribution in [3.05, 3.63) is 284 Å². The minimum absolute atomic E-state index is 0.583. The van der Waals surface area contributed by atoms with Gasteiger partial charge in [-0.15, -0.1) is 22.7 Å². The monoisotopic (exact) mass is 1250 g/mol. The molecule has 0 fully saturated rings. The standard InChI is InChI=1S/C37H23N3S.C27H27BN3O2.C16H9ClS/c1-3-11-24(12-4-1)35-38-36(25-13-5-2-6-14-25)40-37(39-35)27-16-9-15-26(23-27)28-18-10-19-30-29(28)21-22-33-34(30)31-17-7-8-20-32(31)41-33;1-26(2,32)27(3,4)33-28-22-17-11-16-21(18-22)25-30-23(19-12-7-5-8-13-19)29-24(31-25)20-14-9-6-10-15-20;17-13-6-3-5-11-10(13)8-9-15-16(11)12-4-1-2-7-14(12)18-15/h1-23H;5-18,32H,1-4H3;1-9H. The maximum atomic E-state index is 10.4. The van der Waals surface area contributed by atoms with Crippen molar-refractivity contribution >= 4 is 109 Å². The molecule has 443 valence electrons. The predicted molar refractivity (Wildman–Crippen MR) is 387 cm³/mol. The van der Waals surface area contributed by atoms with Gasteiger partial charge in [-0.25, -0.2) is 29.9 Å². The van der Waals surface area contributed by atoms with Crippen molar-refractivity contribution < 1.29 is 9.76 Å². The molecule has 1 N–H and O–H groups in total. The van der Waals surface area contributed by atoms with Crippen molar-refractivity contribution in [3.63, 3.8) is 0 Å². The average molecular weight is 1250 g/mol. The molecule has 0 bridgehead atoms. The van der Waals surface area contributed by atoms with Crippen molar-refractivity contribution in [3.8, 4) is 79.5 Å². The van der Waals surface area contributed by atoms with Crippen LogP contribution < -0.4 is 5.46 Å². The first-order valence-electron chi connectivity index (χ1n) is 30.4. The zero-order chi connectivity index (χ0) is 62.8. The highest BCUT2D eigenvalue weighted by Crippen LogP contribution is 2.43.